The Kier molecular flexibility index (Phi) is 7.05. The Labute approximate surface area is 135 Å². The van der Waals surface area contributed by atoms with Gasteiger partial charge in [0, 0.05) is 18.2 Å². The third-order valence-corrected chi connectivity index (χ3v) is 3.99. The van der Waals surface area contributed by atoms with Crippen LogP contribution in [0, 0.1) is 0 Å². The first-order valence-corrected chi connectivity index (χ1v) is 8.51. The summed E-state index contributed by atoms with van der Waals surface area (Å²) in [5.41, 5.74) is 2.34. The van der Waals surface area contributed by atoms with Gasteiger partial charge in [-0.2, -0.15) is 0 Å². The number of nitrogens with zero attached hydrogens (tertiary/aromatic N) is 1. The van der Waals surface area contributed by atoms with Crippen LogP contribution in [-0.4, -0.2) is 11.0 Å². The van der Waals surface area contributed by atoms with Crippen molar-refractivity contribution in [3.05, 3.63) is 23.4 Å². The van der Waals surface area contributed by atoms with Crippen molar-refractivity contribution < 1.29 is 9.53 Å². The van der Waals surface area contributed by atoms with E-state index in [1.165, 1.54) is 24.8 Å². The molecule has 0 bridgehead atoms. The second kappa shape index (κ2) is 8.30. The normalized spacial score (nSPS) is 13.0. The molecule has 1 rings (SSSR count). The van der Waals surface area contributed by atoms with E-state index in [9.17, 15) is 4.79 Å². The zero-order valence-corrected chi connectivity index (χ0v) is 15.0. The van der Waals surface area contributed by atoms with E-state index in [4.69, 9.17) is 4.74 Å². The van der Waals surface area contributed by atoms with Gasteiger partial charge in [-0.3, -0.25) is 4.79 Å². The van der Waals surface area contributed by atoms with Crippen molar-refractivity contribution >= 4 is 5.97 Å². The number of ether oxygens (including phenoxy) is 1. The van der Waals surface area contributed by atoms with Crippen molar-refractivity contribution in [3.8, 4) is 5.88 Å². The number of rotatable bonds is 7. The number of carbonyl (C=O) groups excluding carboxylic acids is 1. The Morgan fingerprint density at radius 1 is 1.27 bits per heavy atom. The van der Waals surface area contributed by atoms with Gasteiger partial charge in [0.15, 0.2) is 0 Å². The molecule has 0 fully saturated rings. The van der Waals surface area contributed by atoms with Crippen LogP contribution in [0.15, 0.2) is 12.3 Å². The molecule has 1 aromatic rings. The van der Waals surface area contributed by atoms with E-state index in [1.807, 2.05) is 0 Å². The predicted octanol–water partition coefficient (Wildman–Crippen LogP) is 5.38. The molecule has 1 unspecified atom stereocenters. The van der Waals surface area contributed by atoms with Crippen LogP contribution in [0.2, 0.25) is 0 Å². The molecule has 0 radical (unpaired) electrons. The maximum Gasteiger partial charge on any atom is 0.312 e. The number of pyridine rings is 1. The van der Waals surface area contributed by atoms with Gasteiger partial charge in [-0.15, -0.1) is 0 Å². The lowest BCUT2D eigenvalue weighted by molar-refractivity contribution is -0.134. The highest BCUT2D eigenvalue weighted by Crippen LogP contribution is 2.37. The van der Waals surface area contributed by atoms with E-state index < -0.39 is 0 Å². The van der Waals surface area contributed by atoms with Crippen LogP contribution in [0.4, 0.5) is 0 Å². The van der Waals surface area contributed by atoms with Crippen LogP contribution in [0.25, 0.3) is 0 Å². The highest BCUT2D eigenvalue weighted by Gasteiger charge is 2.25. The number of unbranched alkanes of at least 4 members (excludes halogenated alkanes) is 2. The summed E-state index contributed by atoms with van der Waals surface area (Å²) in [5, 5.41) is 0. The Balaban J connectivity index is 3.18. The molecule has 0 aliphatic carbocycles. The first-order chi connectivity index (χ1) is 10.3. The highest BCUT2D eigenvalue weighted by atomic mass is 16.5. The van der Waals surface area contributed by atoms with Gasteiger partial charge < -0.3 is 4.74 Å². The minimum atomic E-state index is -0.222. The topological polar surface area (TPSA) is 39.2 Å². The van der Waals surface area contributed by atoms with Crippen LogP contribution < -0.4 is 4.74 Å². The average molecular weight is 305 g/mol. The third kappa shape index (κ3) is 5.11. The standard InChI is InChI=1S/C19H31NO2/c1-7-9-10-11-14(3)17-15(19(4,5)6)12-13-20-18(17)22-16(21)8-2/h12-14H,7-11H2,1-6H3. The van der Waals surface area contributed by atoms with Gasteiger partial charge in [-0.25, -0.2) is 4.98 Å². The van der Waals surface area contributed by atoms with Crippen molar-refractivity contribution in [3.63, 3.8) is 0 Å². The molecule has 22 heavy (non-hydrogen) atoms. The van der Waals surface area contributed by atoms with E-state index in [0.29, 0.717) is 18.2 Å². The van der Waals surface area contributed by atoms with Crippen molar-refractivity contribution in [2.75, 3.05) is 0 Å². The quantitative estimate of drug-likeness (QED) is 0.501. The SMILES string of the molecule is CCCCCC(C)c1c(C(C)(C)C)ccnc1OC(=O)CC. The summed E-state index contributed by atoms with van der Waals surface area (Å²) in [6, 6.07) is 2.06. The minimum Gasteiger partial charge on any atom is -0.407 e. The number of hydrogen-bond donors (Lipinski definition) is 0. The van der Waals surface area contributed by atoms with E-state index in [2.05, 4.69) is 45.7 Å². The van der Waals surface area contributed by atoms with E-state index >= 15 is 0 Å². The largest absolute Gasteiger partial charge is 0.407 e. The van der Waals surface area contributed by atoms with Gasteiger partial charge in [0.25, 0.3) is 0 Å². The fourth-order valence-electron chi connectivity index (χ4n) is 2.69. The summed E-state index contributed by atoms with van der Waals surface area (Å²) in [6.07, 6.45) is 6.85. The lowest BCUT2D eigenvalue weighted by Gasteiger charge is -2.27. The van der Waals surface area contributed by atoms with Crippen LogP contribution in [0.3, 0.4) is 0 Å². The molecule has 0 aromatic carbocycles. The summed E-state index contributed by atoms with van der Waals surface area (Å²) >= 11 is 0. The zero-order valence-electron chi connectivity index (χ0n) is 15.0. The summed E-state index contributed by atoms with van der Waals surface area (Å²) in [7, 11) is 0. The Morgan fingerprint density at radius 3 is 2.50 bits per heavy atom. The number of esters is 1. The van der Waals surface area contributed by atoms with Gasteiger partial charge in [-0.05, 0) is 29.4 Å². The predicted molar refractivity (Wildman–Crippen MR) is 91.4 cm³/mol. The van der Waals surface area contributed by atoms with Crippen molar-refractivity contribution in [2.45, 2.75) is 85.0 Å². The molecule has 1 heterocycles. The smallest absolute Gasteiger partial charge is 0.312 e. The van der Waals surface area contributed by atoms with Gasteiger partial charge in [0.2, 0.25) is 5.88 Å². The van der Waals surface area contributed by atoms with Crippen molar-refractivity contribution in [1.82, 2.24) is 4.98 Å². The molecule has 0 aliphatic heterocycles. The van der Waals surface area contributed by atoms with Gasteiger partial charge in [0.1, 0.15) is 0 Å². The van der Waals surface area contributed by atoms with Crippen LogP contribution in [-0.2, 0) is 10.2 Å². The maximum atomic E-state index is 11.7. The van der Waals surface area contributed by atoms with Crippen LogP contribution in [0.5, 0.6) is 5.88 Å². The number of aromatic nitrogens is 1. The molecule has 1 atom stereocenters. The summed E-state index contributed by atoms with van der Waals surface area (Å²) < 4.78 is 5.51. The van der Waals surface area contributed by atoms with E-state index in [-0.39, 0.29) is 11.4 Å². The molecular formula is C19H31NO2. The molecule has 0 N–H and O–H groups in total. The Hall–Kier alpha value is -1.38. The number of hydrogen-bond acceptors (Lipinski definition) is 3. The molecule has 3 nitrogen and oxygen atoms in total. The monoisotopic (exact) mass is 305 g/mol. The molecule has 124 valence electrons. The Morgan fingerprint density at radius 2 is 1.95 bits per heavy atom. The van der Waals surface area contributed by atoms with Crippen molar-refractivity contribution in [1.29, 1.82) is 0 Å². The second-order valence-corrected chi connectivity index (χ2v) is 7.05. The van der Waals surface area contributed by atoms with Crippen molar-refractivity contribution in [2.24, 2.45) is 0 Å². The fraction of sp³-hybridized carbons (Fsp3) is 0.684. The first-order valence-electron chi connectivity index (χ1n) is 8.51. The van der Waals surface area contributed by atoms with Crippen LogP contribution in [0.1, 0.15) is 90.7 Å². The lowest BCUT2D eigenvalue weighted by atomic mass is 9.80. The number of carbonyl (C=O) groups is 1. The molecule has 0 saturated carbocycles. The highest BCUT2D eigenvalue weighted by molar-refractivity contribution is 5.72. The summed E-state index contributed by atoms with van der Waals surface area (Å²) in [5.74, 6) is 0.623. The second-order valence-electron chi connectivity index (χ2n) is 7.05. The van der Waals surface area contributed by atoms with E-state index in [0.717, 1.165) is 12.0 Å². The van der Waals surface area contributed by atoms with Gasteiger partial charge in [0.05, 0.1) is 0 Å². The lowest BCUT2D eigenvalue weighted by Crippen LogP contribution is -2.19. The first kappa shape index (κ1) is 18.7. The van der Waals surface area contributed by atoms with E-state index in [1.54, 1.807) is 13.1 Å². The molecule has 1 aromatic heterocycles. The van der Waals surface area contributed by atoms with Crippen LogP contribution >= 0.6 is 0 Å². The van der Waals surface area contributed by atoms with Gasteiger partial charge in [-0.1, -0.05) is 60.8 Å². The molecule has 3 heteroatoms. The molecule has 0 saturated heterocycles. The summed E-state index contributed by atoms with van der Waals surface area (Å²) in [6.45, 7) is 12.8. The fourth-order valence-corrected chi connectivity index (χ4v) is 2.69. The minimum absolute atomic E-state index is 0.00462. The zero-order chi connectivity index (χ0) is 16.8. The summed E-state index contributed by atoms with van der Waals surface area (Å²) in [4.78, 5) is 16.1. The van der Waals surface area contributed by atoms with Gasteiger partial charge >= 0.3 is 5.97 Å². The molecule has 0 aliphatic rings. The molecular weight excluding hydrogens is 274 g/mol. The molecule has 0 amide bonds. The average Bonchev–Trinajstić information content (AvgIpc) is 2.46. The molecule has 0 spiro atoms. The maximum absolute atomic E-state index is 11.7. The third-order valence-electron chi connectivity index (χ3n) is 3.99. The Bertz CT molecular complexity index is 489.